The molecule has 0 aliphatic heterocycles. The maximum Gasteiger partial charge on any atom is 0.308 e. The lowest BCUT2D eigenvalue weighted by atomic mass is 9.87. The molecule has 21 heavy (non-hydrogen) atoms. The van der Waals surface area contributed by atoms with Crippen molar-refractivity contribution in [2.24, 2.45) is 5.92 Å². The summed E-state index contributed by atoms with van der Waals surface area (Å²) in [6, 6.07) is 4.58. The summed E-state index contributed by atoms with van der Waals surface area (Å²) in [4.78, 5) is 11.6. The van der Waals surface area contributed by atoms with Crippen molar-refractivity contribution in [3.05, 3.63) is 34.6 Å². The van der Waals surface area contributed by atoms with Gasteiger partial charge in [0.1, 0.15) is 5.82 Å². The molecule has 0 radical (unpaired) electrons. The second-order valence-corrected chi connectivity index (χ2v) is 5.71. The first-order valence-electron chi connectivity index (χ1n) is 7.32. The molecule has 1 saturated carbocycles. The van der Waals surface area contributed by atoms with E-state index >= 15 is 0 Å². The topological polar surface area (TPSA) is 35.5 Å². The van der Waals surface area contributed by atoms with Crippen molar-refractivity contribution in [1.29, 1.82) is 0 Å². The Hall–Kier alpha value is -1.13. The molecule has 1 aromatic rings. The molecule has 0 atom stereocenters. The van der Waals surface area contributed by atoms with Crippen molar-refractivity contribution >= 4 is 17.6 Å². The van der Waals surface area contributed by atoms with Crippen molar-refractivity contribution in [3.63, 3.8) is 0 Å². The highest BCUT2D eigenvalue weighted by Gasteiger charge is 2.27. The molecule has 0 heterocycles. The van der Waals surface area contributed by atoms with E-state index in [0.717, 1.165) is 25.7 Å². The van der Waals surface area contributed by atoms with Gasteiger partial charge in [-0.15, -0.1) is 0 Å². The van der Waals surface area contributed by atoms with E-state index in [9.17, 15) is 9.18 Å². The van der Waals surface area contributed by atoms with Gasteiger partial charge in [-0.05, 0) is 44.7 Å². The van der Waals surface area contributed by atoms with Gasteiger partial charge in [0.25, 0.3) is 0 Å². The van der Waals surface area contributed by atoms with Crippen molar-refractivity contribution in [3.8, 4) is 0 Å². The highest BCUT2D eigenvalue weighted by molar-refractivity contribution is 6.30. The minimum Gasteiger partial charge on any atom is -0.466 e. The smallest absolute Gasteiger partial charge is 0.308 e. The summed E-state index contributed by atoms with van der Waals surface area (Å²) in [5.74, 6) is -0.473. The van der Waals surface area contributed by atoms with Crippen LogP contribution in [0.25, 0.3) is 0 Å². The van der Waals surface area contributed by atoms with Crippen LogP contribution >= 0.6 is 11.6 Å². The maximum absolute atomic E-state index is 13.6. The quantitative estimate of drug-likeness (QED) is 0.767. The molecule has 0 spiro atoms. The fourth-order valence-corrected chi connectivity index (χ4v) is 2.73. The number of esters is 1. The Kier molecular flexibility index (Phi) is 6.00. The van der Waals surface area contributed by atoms with Crippen LogP contribution in [0.5, 0.6) is 0 Å². The molecule has 0 unspecified atom stereocenters. The Morgan fingerprint density at radius 1 is 1.33 bits per heavy atom. The van der Waals surface area contributed by atoms with Gasteiger partial charge in [-0.1, -0.05) is 17.7 Å². The van der Waals surface area contributed by atoms with Gasteiger partial charge in [0.2, 0.25) is 0 Å². The molecule has 1 fully saturated rings. The van der Waals surface area contributed by atoms with Crippen LogP contribution in [0.15, 0.2) is 18.2 Å². The number of halogens is 2. The summed E-state index contributed by atoms with van der Waals surface area (Å²) < 4.78 is 24.4. The van der Waals surface area contributed by atoms with Crippen LogP contribution in [0.3, 0.4) is 0 Å². The second-order valence-electron chi connectivity index (χ2n) is 5.27. The summed E-state index contributed by atoms with van der Waals surface area (Å²) >= 11 is 5.71. The molecule has 2 rings (SSSR count). The lowest BCUT2D eigenvalue weighted by Crippen LogP contribution is -2.27. The van der Waals surface area contributed by atoms with Crippen LogP contribution in [-0.4, -0.2) is 18.7 Å². The number of carbonyl (C=O) groups excluding carboxylic acids is 1. The number of rotatable bonds is 5. The molecular weight excluding hydrogens is 295 g/mol. The third kappa shape index (κ3) is 4.68. The highest BCUT2D eigenvalue weighted by atomic mass is 35.5. The lowest BCUT2D eigenvalue weighted by molar-refractivity contribution is -0.150. The summed E-state index contributed by atoms with van der Waals surface area (Å²) in [6.07, 6.45) is 3.22. The predicted molar refractivity (Wildman–Crippen MR) is 78.6 cm³/mol. The van der Waals surface area contributed by atoms with Crippen LogP contribution in [0, 0.1) is 11.7 Å². The minimum absolute atomic E-state index is 0.0166. The molecule has 0 amide bonds. The first-order valence-corrected chi connectivity index (χ1v) is 7.70. The molecule has 0 saturated heterocycles. The number of hydrogen-bond donors (Lipinski definition) is 0. The fourth-order valence-electron chi connectivity index (χ4n) is 2.57. The van der Waals surface area contributed by atoms with Crippen molar-refractivity contribution in [2.75, 3.05) is 6.61 Å². The molecule has 0 N–H and O–H groups in total. The van der Waals surface area contributed by atoms with Gasteiger partial charge in [0, 0.05) is 10.6 Å². The van der Waals surface area contributed by atoms with Gasteiger partial charge >= 0.3 is 5.97 Å². The van der Waals surface area contributed by atoms with Gasteiger partial charge < -0.3 is 9.47 Å². The van der Waals surface area contributed by atoms with E-state index in [0.29, 0.717) is 17.2 Å². The van der Waals surface area contributed by atoms with E-state index in [4.69, 9.17) is 21.1 Å². The van der Waals surface area contributed by atoms with Gasteiger partial charge in [-0.2, -0.15) is 0 Å². The average Bonchev–Trinajstić information content (AvgIpc) is 2.47. The van der Waals surface area contributed by atoms with Gasteiger partial charge in [0.05, 0.1) is 25.2 Å². The first kappa shape index (κ1) is 16.2. The number of hydrogen-bond acceptors (Lipinski definition) is 3. The molecule has 5 heteroatoms. The summed E-state index contributed by atoms with van der Waals surface area (Å²) in [5, 5.41) is 0.381. The third-order valence-corrected chi connectivity index (χ3v) is 4.02. The van der Waals surface area contributed by atoms with Crippen LogP contribution in [0.1, 0.15) is 38.2 Å². The fraction of sp³-hybridized carbons (Fsp3) is 0.562. The standard InChI is InChI=1S/C16H20ClFO3/c1-2-20-16(19)11-4-7-14(8-5-11)21-10-12-3-6-13(17)9-15(12)18/h3,6,9,11,14H,2,4-5,7-8,10H2,1H3. The van der Waals surface area contributed by atoms with Gasteiger partial charge in [-0.25, -0.2) is 4.39 Å². The number of benzene rings is 1. The number of ether oxygens (including phenoxy) is 2. The first-order chi connectivity index (χ1) is 10.1. The lowest BCUT2D eigenvalue weighted by Gasteiger charge is -2.27. The Morgan fingerprint density at radius 3 is 2.67 bits per heavy atom. The Labute approximate surface area is 129 Å². The highest BCUT2D eigenvalue weighted by Crippen LogP contribution is 2.28. The van der Waals surface area contributed by atoms with Crippen molar-refractivity contribution in [2.45, 2.75) is 45.3 Å². The molecule has 0 aromatic heterocycles. The van der Waals surface area contributed by atoms with E-state index in [1.165, 1.54) is 6.07 Å². The Morgan fingerprint density at radius 2 is 2.05 bits per heavy atom. The monoisotopic (exact) mass is 314 g/mol. The van der Waals surface area contributed by atoms with Crippen LogP contribution in [0.2, 0.25) is 5.02 Å². The predicted octanol–water partition coefficient (Wildman–Crippen LogP) is 4.12. The maximum atomic E-state index is 13.6. The zero-order valence-electron chi connectivity index (χ0n) is 12.1. The van der Waals surface area contributed by atoms with E-state index in [1.54, 1.807) is 12.1 Å². The summed E-state index contributed by atoms with van der Waals surface area (Å²) in [6.45, 7) is 2.47. The van der Waals surface area contributed by atoms with Gasteiger partial charge in [-0.3, -0.25) is 4.79 Å². The van der Waals surface area contributed by atoms with E-state index in [1.807, 2.05) is 6.92 Å². The zero-order chi connectivity index (χ0) is 15.2. The van der Waals surface area contributed by atoms with Gasteiger partial charge in [0.15, 0.2) is 0 Å². The van der Waals surface area contributed by atoms with Crippen LogP contribution in [0.4, 0.5) is 4.39 Å². The normalized spacial score (nSPS) is 22.0. The van der Waals surface area contributed by atoms with Crippen molar-refractivity contribution < 1.29 is 18.7 Å². The molecular formula is C16H20ClFO3. The molecule has 1 aliphatic carbocycles. The van der Waals surface area contributed by atoms with Crippen LogP contribution in [-0.2, 0) is 20.9 Å². The molecule has 0 bridgehead atoms. The van der Waals surface area contributed by atoms with Crippen molar-refractivity contribution in [1.82, 2.24) is 0 Å². The Bertz CT molecular complexity index is 484. The molecule has 116 valence electrons. The van der Waals surface area contributed by atoms with E-state index in [2.05, 4.69) is 0 Å². The second kappa shape index (κ2) is 7.76. The Balaban J connectivity index is 1.77. The summed E-state index contributed by atoms with van der Waals surface area (Å²) in [5.41, 5.74) is 0.506. The largest absolute Gasteiger partial charge is 0.466 e. The number of carbonyl (C=O) groups is 1. The average molecular weight is 315 g/mol. The zero-order valence-corrected chi connectivity index (χ0v) is 12.9. The van der Waals surface area contributed by atoms with E-state index < -0.39 is 0 Å². The van der Waals surface area contributed by atoms with Crippen LogP contribution < -0.4 is 0 Å². The van der Waals surface area contributed by atoms with E-state index in [-0.39, 0.29) is 30.4 Å². The minimum atomic E-state index is -0.345. The summed E-state index contributed by atoms with van der Waals surface area (Å²) in [7, 11) is 0. The molecule has 1 aromatic carbocycles. The molecule has 3 nitrogen and oxygen atoms in total. The SMILES string of the molecule is CCOC(=O)C1CCC(OCc2ccc(Cl)cc2F)CC1. The molecule has 1 aliphatic rings. The third-order valence-electron chi connectivity index (χ3n) is 3.78.